The smallest absolute Gasteiger partial charge is 0.375 e. The highest BCUT2D eigenvalue weighted by Crippen LogP contribution is 2.32. The number of ether oxygens (including phenoxy) is 1. The molecule has 0 bridgehead atoms. The first-order chi connectivity index (χ1) is 10.0. The maximum atomic E-state index is 11.6. The topological polar surface area (TPSA) is 82.6 Å². The number of non-ortho nitro benzene ring substituents is 1. The van der Waals surface area contributed by atoms with Crippen LogP contribution in [-0.4, -0.2) is 17.5 Å². The fraction of sp³-hybridized carbons (Fsp3) is 0.0714. The van der Waals surface area contributed by atoms with Gasteiger partial charge in [-0.25, -0.2) is 4.79 Å². The second kappa shape index (κ2) is 6.24. The fourth-order valence-electron chi connectivity index (χ4n) is 1.59. The number of furan rings is 1. The number of nitro groups is 1. The van der Waals surface area contributed by atoms with E-state index in [0.29, 0.717) is 15.8 Å². The van der Waals surface area contributed by atoms with Crippen molar-refractivity contribution in [3.05, 3.63) is 50.7 Å². The lowest BCUT2D eigenvalue weighted by molar-refractivity contribution is -0.384. The monoisotopic (exact) mass is 349 g/mol. The lowest BCUT2D eigenvalue weighted by Crippen LogP contribution is -2.03. The minimum Gasteiger partial charge on any atom is -0.449 e. The molecule has 0 aliphatic heterocycles. The summed E-state index contributed by atoms with van der Waals surface area (Å²) in [5.74, 6) is 1.89. The third kappa shape index (κ3) is 3.30. The van der Waals surface area contributed by atoms with Crippen LogP contribution in [0.1, 0.15) is 10.6 Å². The number of nitro benzene ring substituents is 1. The van der Waals surface area contributed by atoms with Gasteiger partial charge < -0.3 is 9.15 Å². The number of esters is 1. The minimum absolute atomic E-state index is 0.00510. The second-order valence-corrected chi connectivity index (χ2v) is 4.72. The molecule has 0 saturated heterocycles. The first-order valence-corrected chi connectivity index (χ1v) is 6.47. The number of terminal acetylenes is 1. The molecule has 0 aliphatic carbocycles. The lowest BCUT2D eigenvalue weighted by Gasteiger charge is -2.01. The van der Waals surface area contributed by atoms with Gasteiger partial charge >= 0.3 is 5.97 Å². The molecule has 7 heteroatoms. The zero-order chi connectivity index (χ0) is 15.4. The van der Waals surface area contributed by atoms with E-state index < -0.39 is 10.9 Å². The average Bonchev–Trinajstić information content (AvgIpc) is 2.94. The number of hydrogen-bond donors (Lipinski definition) is 0. The van der Waals surface area contributed by atoms with Gasteiger partial charge in [0.05, 0.1) is 4.92 Å². The van der Waals surface area contributed by atoms with Crippen molar-refractivity contribution in [1.82, 2.24) is 0 Å². The van der Waals surface area contributed by atoms with E-state index in [9.17, 15) is 14.9 Å². The second-order valence-electron chi connectivity index (χ2n) is 3.87. The van der Waals surface area contributed by atoms with Crippen molar-refractivity contribution in [3.63, 3.8) is 0 Å². The molecule has 0 radical (unpaired) electrons. The predicted octanol–water partition coefficient (Wildman–Crippen LogP) is 3.41. The molecule has 21 heavy (non-hydrogen) atoms. The van der Waals surface area contributed by atoms with E-state index in [1.54, 1.807) is 6.07 Å². The number of nitrogens with zero attached hydrogens (tertiary/aromatic N) is 1. The molecule has 0 aliphatic rings. The van der Waals surface area contributed by atoms with Gasteiger partial charge in [-0.2, -0.15) is 0 Å². The Labute approximate surface area is 128 Å². The van der Waals surface area contributed by atoms with Crippen LogP contribution in [0.5, 0.6) is 0 Å². The number of benzene rings is 1. The van der Waals surface area contributed by atoms with Crippen LogP contribution in [0, 0.1) is 22.5 Å². The molecule has 2 aromatic rings. The molecular formula is C14H8BrNO5. The molecule has 0 saturated carbocycles. The highest BCUT2D eigenvalue weighted by atomic mass is 79.9. The Balaban J connectivity index is 2.28. The van der Waals surface area contributed by atoms with Gasteiger partial charge in [-0.15, -0.1) is 6.42 Å². The fourth-order valence-corrected chi connectivity index (χ4v) is 2.15. The molecule has 2 rings (SSSR count). The third-order valence-electron chi connectivity index (χ3n) is 2.52. The van der Waals surface area contributed by atoms with Gasteiger partial charge in [0.25, 0.3) is 5.69 Å². The number of rotatable bonds is 4. The van der Waals surface area contributed by atoms with Gasteiger partial charge in [0, 0.05) is 22.2 Å². The molecule has 0 amide bonds. The first kappa shape index (κ1) is 14.8. The van der Waals surface area contributed by atoms with Crippen molar-refractivity contribution in [1.29, 1.82) is 0 Å². The van der Waals surface area contributed by atoms with Crippen LogP contribution < -0.4 is 0 Å². The average molecular weight is 350 g/mol. The molecule has 1 aromatic heterocycles. The summed E-state index contributed by atoms with van der Waals surface area (Å²) in [6, 6.07) is 7.24. The summed E-state index contributed by atoms with van der Waals surface area (Å²) < 4.78 is 10.6. The van der Waals surface area contributed by atoms with E-state index in [1.807, 2.05) is 0 Å². The third-order valence-corrected chi connectivity index (χ3v) is 3.18. The van der Waals surface area contributed by atoms with Crippen molar-refractivity contribution in [2.45, 2.75) is 0 Å². The summed E-state index contributed by atoms with van der Waals surface area (Å²) in [5, 5.41) is 10.7. The maximum Gasteiger partial charge on any atom is 0.375 e. The van der Waals surface area contributed by atoms with Crippen molar-refractivity contribution in [3.8, 4) is 23.7 Å². The van der Waals surface area contributed by atoms with Crippen LogP contribution in [0.3, 0.4) is 0 Å². The van der Waals surface area contributed by atoms with E-state index in [-0.39, 0.29) is 18.1 Å². The van der Waals surface area contributed by atoms with Gasteiger partial charge in [0.1, 0.15) is 5.76 Å². The molecule has 6 nitrogen and oxygen atoms in total. The number of carbonyl (C=O) groups is 1. The van der Waals surface area contributed by atoms with Crippen molar-refractivity contribution >= 4 is 27.6 Å². The quantitative estimate of drug-likeness (QED) is 0.365. The van der Waals surface area contributed by atoms with Crippen LogP contribution in [0.2, 0.25) is 0 Å². The minimum atomic E-state index is -0.669. The Morgan fingerprint density at radius 3 is 2.81 bits per heavy atom. The first-order valence-electron chi connectivity index (χ1n) is 5.67. The summed E-state index contributed by atoms with van der Waals surface area (Å²) in [6.45, 7) is -0.143. The van der Waals surface area contributed by atoms with E-state index in [4.69, 9.17) is 15.6 Å². The Hall–Kier alpha value is -2.59. The molecule has 1 aromatic carbocycles. The van der Waals surface area contributed by atoms with E-state index in [2.05, 4.69) is 21.9 Å². The lowest BCUT2D eigenvalue weighted by atomic mass is 10.1. The highest BCUT2D eigenvalue weighted by Gasteiger charge is 2.16. The van der Waals surface area contributed by atoms with Gasteiger partial charge in [-0.3, -0.25) is 10.1 Å². The molecular weight excluding hydrogens is 342 g/mol. The standard InChI is InChI=1S/C14H8BrNO5/c1-2-7-20-14(17)13-6-5-12(21-13)10-4-3-9(16(18)19)8-11(10)15/h1,3-6,8H,7H2. The SMILES string of the molecule is C#CCOC(=O)c1ccc(-c2ccc([N+](=O)[O-])cc2Br)o1. The zero-order valence-corrected chi connectivity index (χ0v) is 12.1. The number of carbonyl (C=O) groups excluding carboxylic acids is 1. The van der Waals surface area contributed by atoms with E-state index in [1.165, 1.54) is 24.3 Å². The normalized spacial score (nSPS) is 9.90. The molecule has 1 heterocycles. The molecule has 0 N–H and O–H groups in total. The summed E-state index contributed by atoms with van der Waals surface area (Å²) >= 11 is 3.23. The Morgan fingerprint density at radius 1 is 1.43 bits per heavy atom. The summed E-state index contributed by atoms with van der Waals surface area (Å²) in [5.41, 5.74) is 0.530. The van der Waals surface area contributed by atoms with Crippen molar-refractivity contribution < 1.29 is 18.9 Å². The molecule has 0 fully saturated rings. The summed E-state index contributed by atoms with van der Waals surface area (Å²) in [6.07, 6.45) is 4.99. The van der Waals surface area contributed by atoms with Gasteiger partial charge in [-0.05, 0) is 34.1 Å². The molecule has 0 spiro atoms. The van der Waals surface area contributed by atoms with Crippen molar-refractivity contribution in [2.75, 3.05) is 6.61 Å². The van der Waals surface area contributed by atoms with Crippen LogP contribution >= 0.6 is 15.9 Å². The van der Waals surface area contributed by atoms with Crippen molar-refractivity contribution in [2.24, 2.45) is 0 Å². The van der Waals surface area contributed by atoms with Crippen LogP contribution in [0.15, 0.2) is 39.2 Å². The van der Waals surface area contributed by atoms with Crippen LogP contribution in [0.25, 0.3) is 11.3 Å². The Kier molecular flexibility index (Phi) is 4.40. The van der Waals surface area contributed by atoms with E-state index >= 15 is 0 Å². The summed E-state index contributed by atoms with van der Waals surface area (Å²) in [4.78, 5) is 21.7. The largest absolute Gasteiger partial charge is 0.449 e. The predicted molar refractivity (Wildman–Crippen MR) is 77.6 cm³/mol. The maximum absolute atomic E-state index is 11.6. The number of hydrogen-bond acceptors (Lipinski definition) is 5. The summed E-state index contributed by atoms with van der Waals surface area (Å²) in [7, 11) is 0. The molecule has 0 atom stereocenters. The Morgan fingerprint density at radius 2 is 2.19 bits per heavy atom. The zero-order valence-electron chi connectivity index (χ0n) is 10.5. The molecule has 106 valence electrons. The molecule has 0 unspecified atom stereocenters. The van der Waals surface area contributed by atoms with Gasteiger partial charge in [0.2, 0.25) is 5.76 Å². The van der Waals surface area contributed by atoms with E-state index in [0.717, 1.165) is 0 Å². The highest BCUT2D eigenvalue weighted by molar-refractivity contribution is 9.10. The number of halogens is 1. The van der Waals surface area contributed by atoms with Crippen LogP contribution in [0.4, 0.5) is 5.69 Å². The van der Waals surface area contributed by atoms with Gasteiger partial charge in [0.15, 0.2) is 6.61 Å². The van der Waals surface area contributed by atoms with Crippen LogP contribution in [-0.2, 0) is 4.74 Å². The Bertz CT molecular complexity index is 744. The van der Waals surface area contributed by atoms with Gasteiger partial charge in [-0.1, -0.05) is 5.92 Å².